The average Bonchev–Trinajstić information content (AvgIpc) is 2.53. The summed E-state index contributed by atoms with van der Waals surface area (Å²) in [4.78, 5) is 0. The first kappa shape index (κ1) is 19.4. The summed E-state index contributed by atoms with van der Waals surface area (Å²) in [6.45, 7) is 5.37. The summed E-state index contributed by atoms with van der Waals surface area (Å²) in [6, 6.07) is 9.99. The van der Waals surface area contributed by atoms with Gasteiger partial charge in [-0.05, 0) is 18.4 Å². The summed E-state index contributed by atoms with van der Waals surface area (Å²) in [5.41, 5.74) is 1.11. The highest BCUT2D eigenvalue weighted by Gasteiger charge is 2.22. The van der Waals surface area contributed by atoms with Crippen molar-refractivity contribution in [2.45, 2.75) is 59.0 Å². The standard InChI is InChI=1S/C18H31O3P/c1-3-5-7-11-15-22(19,21-14-6-4-2)17-20-16-18-12-9-8-10-13-18/h8-10,12-13H,3-7,11,14-17H2,1-2H3. The molecule has 1 aromatic carbocycles. The molecule has 126 valence electrons. The van der Waals surface area contributed by atoms with Gasteiger partial charge in [-0.2, -0.15) is 0 Å². The summed E-state index contributed by atoms with van der Waals surface area (Å²) in [5.74, 6) is 0. The van der Waals surface area contributed by atoms with Gasteiger partial charge in [-0.25, -0.2) is 0 Å². The van der Waals surface area contributed by atoms with Gasteiger partial charge in [0.05, 0.1) is 13.2 Å². The van der Waals surface area contributed by atoms with Crippen molar-refractivity contribution in [2.24, 2.45) is 0 Å². The summed E-state index contributed by atoms with van der Waals surface area (Å²) in [5, 5.41) is 0. The number of rotatable bonds is 13. The van der Waals surface area contributed by atoms with E-state index in [2.05, 4.69) is 13.8 Å². The Hall–Kier alpha value is -0.630. The summed E-state index contributed by atoms with van der Waals surface area (Å²) < 4.78 is 24.3. The third kappa shape index (κ3) is 8.73. The Kier molecular flexibility index (Phi) is 10.5. The second-order valence-corrected chi connectivity index (χ2v) is 8.34. The van der Waals surface area contributed by atoms with Crippen LogP contribution in [0, 0.1) is 0 Å². The normalized spacial score (nSPS) is 13.9. The Balaban J connectivity index is 2.40. The smallest absolute Gasteiger partial charge is 0.228 e. The first-order valence-electron chi connectivity index (χ1n) is 8.54. The highest BCUT2D eigenvalue weighted by molar-refractivity contribution is 7.58. The second-order valence-electron chi connectivity index (χ2n) is 5.75. The Morgan fingerprint density at radius 3 is 2.36 bits per heavy atom. The van der Waals surface area contributed by atoms with E-state index in [1.165, 1.54) is 12.8 Å². The molecule has 0 saturated carbocycles. The molecule has 1 atom stereocenters. The van der Waals surface area contributed by atoms with E-state index in [0.717, 1.165) is 31.2 Å². The summed E-state index contributed by atoms with van der Waals surface area (Å²) in [7, 11) is -2.65. The second kappa shape index (κ2) is 11.9. The molecule has 1 unspecified atom stereocenters. The van der Waals surface area contributed by atoms with Crippen molar-refractivity contribution in [1.82, 2.24) is 0 Å². The number of benzene rings is 1. The van der Waals surface area contributed by atoms with Crippen molar-refractivity contribution >= 4 is 7.37 Å². The minimum absolute atomic E-state index is 0.234. The van der Waals surface area contributed by atoms with E-state index < -0.39 is 7.37 Å². The molecule has 0 saturated heterocycles. The first-order chi connectivity index (χ1) is 10.7. The Morgan fingerprint density at radius 1 is 0.955 bits per heavy atom. The quantitative estimate of drug-likeness (QED) is 0.337. The van der Waals surface area contributed by atoms with Crippen molar-refractivity contribution in [3.05, 3.63) is 35.9 Å². The first-order valence-corrected chi connectivity index (χ1v) is 10.5. The lowest BCUT2D eigenvalue weighted by Crippen LogP contribution is -2.05. The zero-order valence-electron chi connectivity index (χ0n) is 14.1. The van der Waals surface area contributed by atoms with Gasteiger partial charge in [-0.1, -0.05) is 69.9 Å². The molecule has 0 heterocycles. The highest BCUT2D eigenvalue weighted by atomic mass is 31.2. The summed E-state index contributed by atoms with van der Waals surface area (Å²) >= 11 is 0. The monoisotopic (exact) mass is 326 g/mol. The zero-order valence-corrected chi connectivity index (χ0v) is 15.0. The molecule has 0 N–H and O–H groups in total. The molecule has 3 nitrogen and oxygen atoms in total. The molecule has 0 fully saturated rings. The van der Waals surface area contributed by atoms with Crippen molar-refractivity contribution in [3.8, 4) is 0 Å². The van der Waals surface area contributed by atoms with Gasteiger partial charge in [0.1, 0.15) is 6.35 Å². The van der Waals surface area contributed by atoms with Gasteiger partial charge in [-0.3, -0.25) is 4.57 Å². The van der Waals surface area contributed by atoms with E-state index in [1.807, 2.05) is 30.3 Å². The van der Waals surface area contributed by atoms with E-state index in [1.54, 1.807) is 0 Å². The minimum Gasteiger partial charge on any atom is -0.367 e. The van der Waals surface area contributed by atoms with Crippen LogP contribution in [0.25, 0.3) is 0 Å². The van der Waals surface area contributed by atoms with Crippen molar-refractivity contribution in [2.75, 3.05) is 19.1 Å². The number of unbranched alkanes of at least 4 members (excludes halogenated alkanes) is 4. The predicted octanol–water partition coefficient (Wildman–Crippen LogP) is 5.84. The van der Waals surface area contributed by atoms with Gasteiger partial charge in [0.2, 0.25) is 7.37 Å². The fourth-order valence-electron chi connectivity index (χ4n) is 2.20. The van der Waals surface area contributed by atoms with Crippen LogP contribution >= 0.6 is 7.37 Å². The van der Waals surface area contributed by atoms with Gasteiger partial charge >= 0.3 is 0 Å². The van der Waals surface area contributed by atoms with Crippen LogP contribution in [0.5, 0.6) is 0 Å². The minimum atomic E-state index is -2.65. The summed E-state index contributed by atoms with van der Waals surface area (Å²) in [6.07, 6.45) is 7.36. The Labute approximate surface area is 135 Å². The molecule has 1 aromatic rings. The van der Waals surface area contributed by atoms with Crippen molar-refractivity contribution in [1.29, 1.82) is 0 Å². The van der Waals surface area contributed by atoms with Gasteiger partial charge in [0.25, 0.3) is 0 Å². The van der Waals surface area contributed by atoms with Gasteiger partial charge < -0.3 is 9.26 Å². The van der Waals surface area contributed by atoms with Gasteiger partial charge in [-0.15, -0.1) is 0 Å². The topological polar surface area (TPSA) is 35.5 Å². The lowest BCUT2D eigenvalue weighted by atomic mass is 10.2. The van der Waals surface area contributed by atoms with Crippen molar-refractivity contribution < 1.29 is 13.8 Å². The molecule has 0 radical (unpaired) electrons. The van der Waals surface area contributed by atoms with E-state index >= 15 is 0 Å². The van der Waals surface area contributed by atoms with E-state index in [9.17, 15) is 4.57 Å². The molecule has 0 aromatic heterocycles. The van der Waals surface area contributed by atoms with Gasteiger partial charge in [0, 0.05) is 6.16 Å². The molecule has 0 amide bonds. The van der Waals surface area contributed by atoms with E-state index in [4.69, 9.17) is 9.26 Å². The molecular weight excluding hydrogens is 295 g/mol. The van der Waals surface area contributed by atoms with Crippen LogP contribution in [-0.2, 0) is 20.4 Å². The number of hydrogen-bond acceptors (Lipinski definition) is 3. The van der Waals surface area contributed by atoms with Crippen LogP contribution in [0.1, 0.15) is 57.9 Å². The Morgan fingerprint density at radius 2 is 1.68 bits per heavy atom. The van der Waals surface area contributed by atoms with E-state index in [-0.39, 0.29) is 6.35 Å². The maximum absolute atomic E-state index is 12.9. The molecule has 22 heavy (non-hydrogen) atoms. The largest absolute Gasteiger partial charge is 0.367 e. The maximum Gasteiger partial charge on any atom is 0.228 e. The molecule has 1 rings (SSSR count). The van der Waals surface area contributed by atoms with Crippen LogP contribution in [0.2, 0.25) is 0 Å². The van der Waals surface area contributed by atoms with Crippen LogP contribution in [0.4, 0.5) is 0 Å². The fourth-order valence-corrected chi connectivity index (χ4v) is 4.07. The van der Waals surface area contributed by atoms with Gasteiger partial charge in [0.15, 0.2) is 0 Å². The molecule has 4 heteroatoms. The maximum atomic E-state index is 12.9. The average molecular weight is 326 g/mol. The van der Waals surface area contributed by atoms with E-state index in [0.29, 0.717) is 19.4 Å². The van der Waals surface area contributed by atoms with Crippen LogP contribution in [0.3, 0.4) is 0 Å². The van der Waals surface area contributed by atoms with Crippen molar-refractivity contribution in [3.63, 3.8) is 0 Å². The molecular formula is C18H31O3P. The van der Waals surface area contributed by atoms with Crippen LogP contribution in [0.15, 0.2) is 30.3 Å². The predicted molar refractivity (Wildman–Crippen MR) is 93.6 cm³/mol. The molecule has 0 aliphatic rings. The molecule has 0 aliphatic carbocycles. The van der Waals surface area contributed by atoms with Crippen LogP contribution < -0.4 is 0 Å². The lowest BCUT2D eigenvalue weighted by Gasteiger charge is -2.19. The molecule has 0 aliphatic heterocycles. The SMILES string of the molecule is CCCCCCP(=O)(COCc1ccccc1)OCCCC. The number of ether oxygens (including phenoxy) is 1. The third-order valence-electron chi connectivity index (χ3n) is 3.58. The zero-order chi connectivity index (χ0) is 16.1. The fraction of sp³-hybridized carbons (Fsp3) is 0.667. The molecule has 0 bridgehead atoms. The third-order valence-corrected chi connectivity index (χ3v) is 5.80. The number of hydrogen-bond donors (Lipinski definition) is 0. The Bertz CT molecular complexity index is 420. The molecule has 0 spiro atoms. The van der Waals surface area contributed by atoms with Crippen LogP contribution in [-0.4, -0.2) is 19.1 Å². The lowest BCUT2D eigenvalue weighted by molar-refractivity contribution is 0.148. The highest BCUT2D eigenvalue weighted by Crippen LogP contribution is 2.48.